The lowest BCUT2D eigenvalue weighted by atomic mass is 9.75. The van der Waals surface area contributed by atoms with Crippen LogP contribution in [0.25, 0.3) is 0 Å². The van der Waals surface area contributed by atoms with Crippen molar-refractivity contribution in [2.24, 2.45) is 11.3 Å². The normalized spacial score (nSPS) is 19.9. The summed E-state index contributed by atoms with van der Waals surface area (Å²) in [6.45, 7) is 9.58. The summed E-state index contributed by atoms with van der Waals surface area (Å²) in [5.41, 5.74) is -1.07. The van der Waals surface area contributed by atoms with Crippen molar-refractivity contribution in [1.82, 2.24) is 10.6 Å². The molecule has 1 saturated heterocycles. The molecule has 1 unspecified atom stereocenters. The number of carbonyl (C=O) groups is 2. The molecule has 0 bridgehead atoms. The number of thioether (sulfide) groups is 1. The Balaban J connectivity index is 3.10. The molecule has 1 aliphatic rings. The molecule has 2 amide bonds. The quantitative estimate of drug-likeness (QED) is 0.446. The number of rotatable bonds is 6. The van der Waals surface area contributed by atoms with Crippen LogP contribution in [0.1, 0.15) is 27.2 Å². The summed E-state index contributed by atoms with van der Waals surface area (Å²) in [6.07, 6.45) is 2.27. The molecule has 0 saturated carbocycles. The fourth-order valence-electron chi connectivity index (χ4n) is 2.28. The highest BCUT2D eigenvalue weighted by atomic mass is 32.2. The Labute approximate surface area is 123 Å². The average Bonchev–Trinajstić information content (AvgIpc) is 2.30. The lowest BCUT2D eigenvalue weighted by molar-refractivity contribution is -0.144. The standard InChI is InChI=1S/C13H20N2O2S2/c1-5-6-19-9(4)13(7-8(2)3)10(16)14-12(18)15-11(13)17/h5,8-9H,1,6-7H2,2-4H3,(H2,14,15,16,17,18). The van der Waals surface area contributed by atoms with Crippen molar-refractivity contribution < 1.29 is 9.59 Å². The Morgan fingerprint density at radius 2 is 1.84 bits per heavy atom. The van der Waals surface area contributed by atoms with Gasteiger partial charge in [-0.15, -0.1) is 6.58 Å². The van der Waals surface area contributed by atoms with Gasteiger partial charge in [0.25, 0.3) is 0 Å². The lowest BCUT2D eigenvalue weighted by Crippen LogP contribution is -2.65. The largest absolute Gasteiger partial charge is 0.302 e. The Morgan fingerprint density at radius 3 is 2.26 bits per heavy atom. The van der Waals surface area contributed by atoms with E-state index in [0.29, 0.717) is 12.2 Å². The maximum Gasteiger partial charge on any atom is 0.242 e. The molecule has 0 aromatic rings. The molecule has 1 aliphatic heterocycles. The van der Waals surface area contributed by atoms with E-state index in [4.69, 9.17) is 12.2 Å². The van der Waals surface area contributed by atoms with Gasteiger partial charge in [0.15, 0.2) is 5.11 Å². The van der Waals surface area contributed by atoms with Gasteiger partial charge in [-0.3, -0.25) is 9.59 Å². The van der Waals surface area contributed by atoms with E-state index in [1.807, 2.05) is 20.8 Å². The molecule has 0 aromatic carbocycles. The first-order valence-corrected chi connectivity index (χ1v) is 7.69. The predicted molar refractivity (Wildman–Crippen MR) is 82.9 cm³/mol. The SMILES string of the molecule is C=CCSC(C)C1(CC(C)C)C(=O)NC(=S)NC1=O. The van der Waals surface area contributed by atoms with Crippen molar-refractivity contribution in [3.05, 3.63) is 12.7 Å². The Hall–Kier alpha value is -0.880. The number of hydrogen-bond acceptors (Lipinski definition) is 4. The van der Waals surface area contributed by atoms with Gasteiger partial charge < -0.3 is 10.6 Å². The minimum atomic E-state index is -1.07. The molecule has 0 radical (unpaired) electrons. The Kier molecular flexibility index (Phi) is 5.55. The predicted octanol–water partition coefficient (Wildman–Crippen LogP) is 1.86. The summed E-state index contributed by atoms with van der Waals surface area (Å²) in [7, 11) is 0. The number of nitrogens with one attached hydrogen (secondary N) is 2. The summed E-state index contributed by atoms with van der Waals surface area (Å²) >= 11 is 6.41. The van der Waals surface area contributed by atoms with Crippen LogP contribution in [-0.4, -0.2) is 27.9 Å². The highest BCUT2D eigenvalue weighted by Crippen LogP contribution is 2.39. The smallest absolute Gasteiger partial charge is 0.242 e. The zero-order valence-corrected chi connectivity index (χ0v) is 13.1. The first kappa shape index (κ1) is 16.2. The van der Waals surface area contributed by atoms with E-state index in [9.17, 15) is 9.59 Å². The van der Waals surface area contributed by atoms with Gasteiger partial charge in [-0.1, -0.05) is 26.8 Å². The molecule has 0 spiro atoms. The average molecular weight is 300 g/mol. The van der Waals surface area contributed by atoms with Crippen LogP contribution in [0.5, 0.6) is 0 Å². The number of carbonyl (C=O) groups excluding carboxylic acids is 2. The van der Waals surface area contributed by atoms with Crippen LogP contribution in [0.2, 0.25) is 0 Å². The van der Waals surface area contributed by atoms with Crippen LogP contribution in [0.15, 0.2) is 12.7 Å². The van der Waals surface area contributed by atoms with Crippen LogP contribution in [-0.2, 0) is 9.59 Å². The molecular formula is C13H20N2O2S2. The van der Waals surface area contributed by atoms with Gasteiger partial charge in [0.2, 0.25) is 11.8 Å². The minimum Gasteiger partial charge on any atom is -0.302 e. The lowest BCUT2D eigenvalue weighted by Gasteiger charge is -2.40. The van der Waals surface area contributed by atoms with E-state index in [2.05, 4.69) is 17.2 Å². The van der Waals surface area contributed by atoms with Crippen molar-refractivity contribution in [2.75, 3.05) is 5.75 Å². The maximum absolute atomic E-state index is 12.4. The van der Waals surface area contributed by atoms with E-state index in [1.165, 1.54) is 0 Å². The first-order valence-electron chi connectivity index (χ1n) is 6.24. The van der Waals surface area contributed by atoms with Gasteiger partial charge in [0.1, 0.15) is 5.41 Å². The summed E-state index contributed by atoms with van der Waals surface area (Å²) < 4.78 is 0. The second-order valence-electron chi connectivity index (χ2n) is 5.07. The van der Waals surface area contributed by atoms with Crippen LogP contribution in [0.4, 0.5) is 0 Å². The van der Waals surface area contributed by atoms with Gasteiger partial charge in [-0.25, -0.2) is 0 Å². The van der Waals surface area contributed by atoms with Gasteiger partial charge in [0, 0.05) is 11.0 Å². The fraction of sp³-hybridized carbons (Fsp3) is 0.615. The monoisotopic (exact) mass is 300 g/mol. The molecular weight excluding hydrogens is 280 g/mol. The fourth-order valence-corrected chi connectivity index (χ4v) is 3.49. The molecule has 2 N–H and O–H groups in total. The third-order valence-corrected chi connectivity index (χ3v) is 4.69. The Bertz CT molecular complexity index is 387. The number of hydrogen-bond donors (Lipinski definition) is 2. The molecule has 6 heteroatoms. The van der Waals surface area contributed by atoms with Gasteiger partial charge >= 0.3 is 0 Å². The maximum atomic E-state index is 12.4. The molecule has 19 heavy (non-hydrogen) atoms. The summed E-state index contributed by atoms with van der Waals surface area (Å²) in [5, 5.41) is 5.12. The zero-order chi connectivity index (χ0) is 14.6. The van der Waals surface area contributed by atoms with Gasteiger partial charge in [-0.05, 0) is 24.6 Å². The van der Waals surface area contributed by atoms with E-state index < -0.39 is 5.41 Å². The third kappa shape index (κ3) is 3.36. The molecule has 1 fully saturated rings. The number of thiocarbonyl (C=S) groups is 1. The van der Waals surface area contributed by atoms with Crippen molar-refractivity contribution in [1.29, 1.82) is 0 Å². The minimum absolute atomic E-state index is 0.0929. The van der Waals surface area contributed by atoms with Crippen molar-refractivity contribution in [2.45, 2.75) is 32.4 Å². The Morgan fingerprint density at radius 1 is 1.32 bits per heavy atom. The highest BCUT2D eigenvalue weighted by molar-refractivity contribution is 8.00. The van der Waals surface area contributed by atoms with Crippen molar-refractivity contribution in [3.63, 3.8) is 0 Å². The molecule has 0 aliphatic carbocycles. The van der Waals surface area contributed by atoms with E-state index in [-0.39, 0.29) is 28.1 Å². The second-order valence-corrected chi connectivity index (χ2v) is 6.85. The number of amides is 2. The van der Waals surface area contributed by atoms with Crippen LogP contribution >= 0.6 is 24.0 Å². The zero-order valence-electron chi connectivity index (χ0n) is 11.5. The topological polar surface area (TPSA) is 58.2 Å². The molecule has 1 heterocycles. The molecule has 0 aromatic heterocycles. The summed E-state index contributed by atoms with van der Waals surface area (Å²) in [4.78, 5) is 24.8. The van der Waals surface area contributed by atoms with Gasteiger partial charge in [0.05, 0.1) is 0 Å². The van der Waals surface area contributed by atoms with Crippen LogP contribution < -0.4 is 10.6 Å². The second kappa shape index (κ2) is 6.52. The van der Waals surface area contributed by atoms with E-state index in [0.717, 1.165) is 0 Å². The van der Waals surface area contributed by atoms with Crippen LogP contribution in [0.3, 0.4) is 0 Å². The molecule has 4 nitrogen and oxygen atoms in total. The summed E-state index contributed by atoms with van der Waals surface area (Å²) in [6, 6.07) is 0. The van der Waals surface area contributed by atoms with Crippen LogP contribution in [0, 0.1) is 11.3 Å². The highest BCUT2D eigenvalue weighted by Gasteiger charge is 2.53. The molecule has 106 valence electrons. The molecule has 1 rings (SSSR count). The van der Waals surface area contributed by atoms with E-state index >= 15 is 0 Å². The van der Waals surface area contributed by atoms with Gasteiger partial charge in [-0.2, -0.15) is 11.8 Å². The third-order valence-electron chi connectivity index (χ3n) is 3.15. The summed E-state index contributed by atoms with van der Waals surface area (Å²) in [5.74, 6) is 0.347. The van der Waals surface area contributed by atoms with Crippen molar-refractivity contribution >= 4 is 40.9 Å². The molecule has 1 atom stereocenters. The first-order chi connectivity index (χ1) is 8.84. The van der Waals surface area contributed by atoms with Crippen molar-refractivity contribution in [3.8, 4) is 0 Å². The van der Waals surface area contributed by atoms with E-state index in [1.54, 1.807) is 17.8 Å².